The molecule has 144 valence electrons. The first kappa shape index (κ1) is 18.5. The Labute approximate surface area is 167 Å². The van der Waals surface area contributed by atoms with E-state index in [1.165, 1.54) is 29.8 Å². The van der Waals surface area contributed by atoms with Crippen LogP contribution in [0.5, 0.6) is 0 Å². The lowest BCUT2D eigenvalue weighted by Gasteiger charge is -2.21. The molecule has 4 rings (SSSR count). The second-order valence-corrected chi connectivity index (χ2v) is 7.27. The van der Waals surface area contributed by atoms with Crippen molar-refractivity contribution in [3.63, 3.8) is 0 Å². The molecule has 4 heteroatoms. The largest absolute Gasteiger partial charge is 0.372 e. The second-order valence-electron chi connectivity index (χ2n) is 7.27. The number of rotatable bonds is 6. The van der Waals surface area contributed by atoms with Crippen molar-refractivity contribution in [2.75, 3.05) is 23.4 Å². The van der Waals surface area contributed by atoms with Crippen LogP contribution in [0.3, 0.4) is 0 Å². The predicted molar refractivity (Wildman–Crippen MR) is 120 cm³/mol. The highest BCUT2D eigenvalue weighted by molar-refractivity contribution is 5.94. The fourth-order valence-electron chi connectivity index (χ4n) is 4.03. The van der Waals surface area contributed by atoms with Crippen molar-refractivity contribution in [2.24, 2.45) is 5.10 Å². The van der Waals surface area contributed by atoms with Gasteiger partial charge in [0.05, 0.1) is 17.4 Å². The van der Waals surface area contributed by atoms with Crippen LogP contribution in [0.4, 0.5) is 11.4 Å². The van der Waals surface area contributed by atoms with E-state index >= 15 is 0 Å². The first-order chi connectivity index (χ1) is 13.8. The number of aryl methyl sites for hydroxylation is 1. The number of hydrogen-bond donors (Lipinski definition) is 1. The average molecular weight is 373 g/mol. The zero-order valence-electron chi connectivity index (χ0n) is 16.8. The summed E-state index contributed by atoms with van der Waals surface area (Å²) in [5.41, 5.74) is 10.4. The van der Waals surface area contributed by atoms with E-state index in [0.717, 1.165) is 48.1 Å². The molecule has 4 nitrogen and oxygen atoms in total. The van der Waals surface area contributed by atoms with E-state index in [9.17, 15) is 0 Å². The van der Waals surface area contributed by atoms with Crippen LogP contribution in [-0.4, -0.2) is 24.3 Å². The molecule has 1 aliphatic rings. The Bertz CT molecular complexity index is 972. The zero-order valence-corrected chi connectivity index (χ0v) is 16.8. The van der Waals surface area contributed by atoms with Crippen molar-refractivity contribution >= 4 is 28.5 Å². The van der Waals surface area contributed by atoms with Crippen LogP contribution >= 0.6 is 0 Å². The maximum absolute atomic E-state index is 4.89. The maximum atomic E-state index is 4.89. The van der Waals surface area contributed by atoms with Gasteiger partial charge in [0.1, 0.15) is 0 Å². The molecule has 0 fully saturated rings. The highest BCUT2D eigenvalue weighted by Crippen LogP contribution is 2.33. The number of hydrazone groups is 1. The van der Waals surface area contributed by atoms with Crippen LogP contribution < -0.4 is 10.3 Å². The molecule has 0 spiro atoms. The summed E-state index contributed by atoms with van der Waals surface area (Å²) in [6.07, 6.45) is 6.48. The fraction of sp³-hybridized carbons (Fsp3) is 0.333. The third-order valence-electron chi connectivity index (χ3n) is 5.58. The Hall–Kier alpha value is -2.88. The molecule has 0 aliphatic heterocycles. The summed E-state index contributed by atoms with van der Waals surface area (Å²) >= 11 is 0. The molecule has 0 saturated heterocycles. The monoisotopic (exact) mass is 372 g/mol. The average Bonchev–Trinajstić information content (AvgIpc) is 2.75. The van der Waals surface area contributed by atoms with Gasteiger partial charge in [0.25, 0.3) is 0 Å². The second kappa shape index (κ2) is 8.42. The van der Waals surface area contributed by atoms with Crippen molar-refractivity contribution < 1.29 is 0 Å². The van der Waals surface area contributed by atoms with Crippen molar-refractivity contribution in [1.29, 1.82) is 0 Å². The molecule has 0 bridgehead atoms. The number of anilines is 2. The minimum Gasteiger partial charge on any atom is -0.372 e. The summed E-state index contributed by atoms with van der Waals surface area (Å²) in [5.74, 6) is 0. The quantitative estimate of drug-likeness (QED) is 0.465. The summed E-state index contributed by atoms with van der Waals surface area (Å²) in [6.45, 7) is 6.41. The maximum Gasteiger partial charge on any atom is 0.0726 e. The molecule has 1 aliphatic carbocycles. The molecule has 1 heterocycles. The van der Waals surface area contributed by atoms with E-state index in [-0.39, 0.29) is 0 Å². The van der Waals surface area contributed by atoms with Gasteiger partial charge in [-0.05, 0) is 68.9 Å². The topological polar surface area (TPSA) is 40.5 Å². The molecule has 2 aromatic carbocycles. The molecule has 0 saturated carbocycles. The number of benzene rings is 2. The minimum atomic E-state index is 1.02. The van der Waals surface area contributed by atoms with Gasteiger partial charge in [-0.1, -0.05) is 30.3 Å². The van der Waals surface area contributed by atoms with E-state index in [2.05, 4.69) is 77.8 Å². The van der Waals surface area contributed by atoms with Gasteiger partial charge in [-0.3, -0.25) is 10.4 Å². The zero-order chi connectivity index (χ0) is 19.3. The van der Waals surface area contributed by atoms with E-state index < -0.39 is 0 Å². The Kier molecular flexibility index (Phi) is 5.56. The van der Waals surface area contributed by atoms with Crippen molar-refractivity contribution in [3.05, 3.63) is 65.4 Å². The lowest BCUT2D eigenvalue weighted by Crippen LogP contribution is -2.21. The van der Waals surface area contributed by atoms with E-state index in [0.29, 0.717) is 0 Å². The van der Waals surface area contributed by atoms with Crippen LogP contribution in [0.25, 0.3) is 10.9 Å². The number of nitrogens with zero attached hydrogens (tertiary/aromatic N) is 3. The van der Waals surface area contributed by atoms with Gasteiger partial charge in [0.15, 0.2) is 0 Å². The number of pyridine rings is 1. The van der Waals surface area contributed by atoms with Crippen molar-refractivity contribution in [2.45, 2.75) is 39.5 Å². The highest BCUT2D eigenvalue weighted by Gasteiger charge is 2.17. The van der Waals surface area contributed by atoms with Gasteiger partial charge in [0, 0.05) is 29.9 Å². The van der Waals surface area contributed by atoms with Gasteiger partial charge in [0.2, 0.25) is 0 Å². The lowest BCUT2D eigenvalue weighted by molar-refractivity contribution is 0.672. The van der Waals surface area contributed by atoms with E-state index in [1.807, 2.05) is 6.21 Å². The normalized spacial score (nSPS) is 13.6. The first-order valence-electron chi connectivity index (χ1n) is 10.3. The third-order valence-corrected chi connectivity index (χ3v) is 5.58. The van der Waals surface area contributed by atoms with Gasteiger partial charge in [-0.15, -0.1) is 0 Å². The fourth-order valence-corrected chi connectivity index (χ4v) is 4.03. The number of aromatic nitrogens is 1. The molecule has 1 aromatic heterocycles. The first-order valence-corrected chi connectivity index (χ1v) is 10.3. The summed E-state index contributed by atoms with van der Waals surface area (Å²) < 4.78 is 0. The third kappa shape index (κ3) is 3.72. The summed E-state index contributed by atoms with van der Waals surface area (Å²) in [6, 6.07) is 16.9. The van der Waals surface area contributed by atoms with E-state index in [1.54, 1.807) is 0 Å². The Morgan fingerprint density at radius 1 is 1.00 bits per heavy atom. The van der Waals surface area contributed by atoms with Crippen molar-refractivity contribution in [3.8, 4) is 0 Å². The number of hydrogen-bond acceptors (Lipinski definition) is 4. The van der Waals surface area contributed by atoms with Crippen LogP contribution in [0.1, 0.15) is 43.5 Å². The lowest BCUT2D eigenvalue weighted by atomic mass is 9.93. The minimum absolute atomic E-state index is 1.02. The van der Waals surface area contributed by atoms with Gasteiger partial charge in [-0.25, -0.2) is 0 Å². The SMILES string of the molecule is CCN(CC)c1ccc(/C=N/Nc2c3c(nc4ccccc24)CCCC3)cc1. The van der Waals surface area contributed by atoms with Crippen LogP contribution in [0.2, 0.25) is 0 Å². The van der Waals surface area contributed by atoms with Gasteiger partial charge < -0.3 is 4.90 Å². The molecule has 28 heavy (non-hydrogen) atoms. The Morgan fingerprint density at radius 3 is 2.54 bits per heavy atom. The molecule has 0 atom stereocenters. The van der Waals surface area contributed by atoms with Crippen LogP contribution in [-0.2, 0) is 12.8 Å². The summed E-state index contributed by atoms with van der Waals surface area (Å²) in [7, 11) is 0. The predicted octanol–water partition coefficient (Wildman–Crippen LogP) is 5.41. The Morgan fingerprint density at radius 2 is 1.75 bits per heavy atom. The molecule has 0 radical (unpaired) electrons. The molecule has 1 N–H and O–H groups in total. The molecular weight excluding hydrogens is 344 g/mol. The van der Waals surface area contributed by atoms with Gasteiger partial charge >= 0.3 is 0 Å². The Balaban J connectivity index is 1.59. The summed E-state index contributed by atoms with van der Waals surface area (Å²) in [4.78, 5) is 7.23. The molecular formula is C24H28N4. The standard InChI is InChI=1S/C24H28N4/c1-3-28(4-2)19-15-13-18(14-16-19)17-25-27-24-20-9-5-7-11-22(20)26-23-12-8-6-10-21(23)24/h5,7,9,11,13-17H,3-4,6,8,10,12H2,1-2H3,(H,26,27)/b25-17+. The van der Waals surface area contributed by atoms with Crippen LogP contribution in [0.15, 0.2) is 53.6 Å². The van der Waals surface area contributed by atoms with Crippen molar-refractivity contribution in [1.82, 2.24) is 4.98 Å². The summed E-state index contributed by atoms with van der Waals surface area (Å²) in [5, 5.41) is 5.72. The number of para-hydroxylation sites is 1. The number of fused-ring (bicyclic) bond motifs is 2. The van der Waals surface area contributed by atoms with Crippen LogP contribution in [0, 0.1) is 0 Å². The smallest absolute Gasteiger partial charge is 0.0726 e. The highest BCUT2D eigenvalue weighted by atomic mass is 15.3. The van der Waals surface area contributed by atoms with Gasteiger partial charge in [-0.2, -0.15) is 5.10 Å². The molecule has 0 amide bonds. The number of nitrogens with one attached hydrogen (secondary N) is 1. The van der Waals surface area contributed by atoms with E-state index in [4.69, 9.17) is 4.98 Å². The molecule has 3 aromatic rings. The molecule has 0 unspecified atom stereocenters.